The van der Waals surface area contributed by atoms with Gasteiger partial charge in [-0.15, -0.1) is 0 Å². The minimum absolute atomic E-state index is 0.0713. The van der Waals surface area contributed by atoms with Crippen molar-refractivity contribution in [1.82, 2.24) is 4.98 Å². The highest BCUT2D eigenvalue weighted by molar-refractivity contribution is 6.05. The first-order valence-electron chi connectivity index (χ1n) is 8.94. The van der Waals surface area contributed by atoms with Gasteiger partial charge in [0, 0.05) is 41.3 Å². The number of Topliss-reactive ketones (excluding diaryl/α,β-unsaturated/α-hetero) is 1. The van der Waals surface area contributed by atoms with Gasteiger partial charge in [-0.1, -0.05) is 18.2 Å². The monoisotopic (exact) mass is 388 g/mol. The van der Waals surface area contributed by atoms with Crippen molar-refractivity contribution in [1.29, 1.82) is 0 Å². The fourth-order valence-electron chi connectivity index (χ4n) is 2.69. The van der Waals surface area contributed by atoms with Crippen molar-refractivity contribution in [3.63, 3.8) is 0 Å². The van der Waals surface area contributed by atoms with Crippen LogP contribution in [0.15, 0.2) is 66.9 Å². The van der Waals surface area contributed by atoms with E-state index < -0.39 is 0 Å². The van der Waals surface area contributed by atoms with E-state index in [1.54, 1.807) is 54.6 Å². The van der Waals surface area contributed by atoms with E-state index in [0.29, 0.717) is 28.3 Å². The maximum atomic E-state index is 12.6. The molecular formula is C22H20N4O3. The molecule has 2 amide bonds. The number of anilines is 4. The quantitative estimate of drug-likeness (QED) is 0.549. The average molecular weight is 388 g/mol. The van der Waals surface area contributed by atoms with Gasteiger partial charge < -0.3 is 16.0 Å². The molecule has 1 aromatic heterocycles. The Morgan fingerprint density at radius 2 is 1.45 bits per heavy atom. The van der Waals surface area contributed by atoms with Crippen LogP contribution in [0, 0.1) is 0 Å². The largest absolute Gasteiger partial charge is 0.340 e. The number of aromatic nitrogens is 1. The van der Waals surface area contributed by atoms with Crippen LogP contribution in [0.25, 0.3) is 0 Å². The van der Waals surface area contributed by atoms with Crippen molar-refractivity contribution in [3.8, 4) is 0 Å². The van der Waals surface area contributed by atoms with Crippen molar-refractivity contribution in [2.24, 2.45) is 0 Å². The molecule has 0 radical (unpaired) electrons. The van der Waals surface area contributed by atoms with E-state index in [9.17, 15) is 14.4 Å². The molecular weight excluding hydrogens is 368 g/mol. The number of amides is 2. The second kappa shape index (κ2) is 8.79. The number of carbonyl (C=O) groups is 3. The Morgan fingerprint density at radius 1 is 0.759 bits per heavy atom. The number of ketones is 1. The van der Waals surface area contributed by atoms with E-state index in [1.165, 1.54) is 20.0 Å². The van der Waals surface area contributed by atoms with Gasteiger partial charge in [0.25, 0.3) is 5.91 Å². The second-order valence-electron chi connectivity index (χ2n) is 6.41. The highest BCUT2D eigenvalue weighted by Gasteiger charge is 2.09. The summed E-state index contributed by atoms with van der Waals surface area (Å²) in [4.78, 5) is 39.5. The summed E-state index contributed by atoms with van der Waals surface area (Å²) in [6, 6.07) is 17.2. The Balaban J connectivity index is 1.74. The van der Waals surface area contributed by atoms with Crippen LogP contribution in [0.1, 0.15) is 34.6 Å². The summed E-state index contributed by atoms with van der Waals surface area (Å²) in [6.45, 7) is 2.92. The Bertz CT molecular complexity index is 1080. The molecule has 0 saturated carbocycles. The molecule has 0 fully saturated rings. The number of hydrogen-bond acceptors (Lipinski definition) is 5. The number of benzene rings is 2. The third-order valence-electron chi connectivity index (χ3n) is 4.00. The summed E-state index contributed by atoms with van der Waals surface area (Å²) in [6.07, 6.45) is 1.53. The molecule has 2 aromatic carbocycles. The smallest absolute Gasteiger partial charge is 0.255 e. The van der Waals surface area contributed by atoms with Gasteiger partial charge in [-0.25, -0.2) is 4.98 Å². The lowest BCUT2D eigenvalue weighted by Gasteiger charge is -2.10. The lowest BCUT2D eigenvalue weighted by atomic mass is 10.1. The molecule has 3 rings (SSSR count). The Labute approximate surface area is 168 Å². The van der Waals surface area contributed by atoms with Crippen molar-refractivity contribution in [2.45, 2.75) is 13.8 Å². The third kappa shape index (κ3) is 5.49. The molecule has 29 heavy (non-hydrogen) atoms. The predicted octanol–water partition coefficient (Wildman–Crippen LogP) is 4.24. The molecule has 3 N–H and O–H groups in total. The first-order valence-corrected chi connectivity index (χ1v) is 8.94. The Kier molecular flexibility index (Phi) is 5.99. The van der Waals surface area contributed by atoms with Gasteiger partial charge in [-0.3, -0.25) is 14.4 Å². The van der Waals surface area contributed by atoms with Crippen LogP contribution in [0.3, 0.4) is 0 Å². The summed E-state index contributed by atoms with van der Waals surface area (Å²) < 4.78 is 0. The zero-order valence-corrected chi connectivity index (χ0v) is 16.0. The second-order valence-corrected chi connectivity index (χ2v) is 6.41. The highest BCUT2D eigenvalue weighted by atomic mass is 16.2. The van der Waals surface area contributed by atoms with Gasteiger partial charge in [-0.05, 0) is 49.4 Å². The number of nitrogens with zero attached hydrogens (tertiary/aromatic N) is 1. The molecule has 7 nitrogen and oxygen atoms in total. The third-order valence-corrected chi connectivity index (χ3v) is 4.00. The highest BCUT2D eigenvalue weighted by Crippen LogP contribution is 2.20. The molecule has 0 unspecified atom stereocenters. The van der Waals surface area contributed by atoms with E-state index in [1.807, 2.05) is 6.07 Å². The molecule has 146 valence electrons. The normalized spacial score (nSPS) is 10.1. The molecule has 0 saturated heterocycles. The molecule has 7 heteroatoms. The van der Waals surface area contributed by atoms with Crippen LogP contribution in [0.2, 0.25) is 0 Å². The van der Waals surface area contributed by atoms with Gasteiger partial charge in [0.2, 0.25) is 5.91 Å². The van der Waals surface area contributed by atoms with Crippen LogP contribution in [0.4, 0.5) is 22.9 Å². The van der Waals surface area contributed by atoms with Gasteiger partial charge >= 0.3 is 0 Å². The standard InChI is InChI=1S/C22H20N4O3/c1-14(27)16-5-3-6-18(11-16)26-22(29)17-9-10-23-21(12-17)25-20-8-4-7-19(13-20)24-15(2)28/h3-13H,1-2H3,(H,23,25)(H,24,28)(H,26,29). The summed E-state index contributed by atoms with van der Waals surface area (Å²) in [7, 11) is 0. The maximum absolute atomic E-state index is 12.6. The van der Waals surface area contributed by atoms with E-state index >= 15 is 0 Å². The molecule has 0 aliphatic carbocycles. The average Bonchev–Trinajstić information content (AvgIpc) is 2.68. The molecule has 0 aliphatic rings. The van der Waals surface area contributed by atoms with Crippen LogP contribution < -0.4 is 16.0 Å². The lowest BCUT2D eigenvalue weighted by Crippen LogP contribution is -2.13. The predicted molar refractivity (Wildman–Crippen MR) is 113 cm³/mol. The summed E-state index contributed by atoms with van der Waals surface area (Å²) in [5, 5.41) is 8.61. The summed E-state index contributed by atoms with van der Waals surface area (Å²) in [5.74, 6) is -0.0657. The first kappa shape index (κ1) is 19.8. The van der Waals surface area contributed by atoms with Crippen molar-refractivity contribution < 1.29 is 14.4 Å². The zero-order chi connectivity index (χ0) is 20.8. The number of carbonyl (C=O) groups excluding carboxylic acids is 3. The minimum Gasteiger partial charge on any atom is -0.340 e. The zero-order valence-electron chi connectivity index (χ0n) is 16.0. The van der Waals surface area contributed by atoms with Gasteiger partial charge in [-0.2, -0.15) is 0 Å². The van der Waals surface area contributed by atoms with Crippen molar-refractivity contribution >= 4 is 40.5 Å². The van der Waals surface area contributed by atoms with Crippen molar-refractivity contribution in [3.05, 3.63) is 78.0 Å². The molecule has 3 aromatic rings. The summed E-state index contributed by atoms with van der Waals surface area (Å²) >= 11 is 0. The minimum atomic E-state index is -0.317. The SMILES string of the molecule is CC(=O)Nc1cccc(Nc2cc(C(=O)Nc3cccc(C(C)=O)c3)ccn2)c1. The van der Waals surface area contributed by atoms with Gasteiger partial charge in [0.05, 0.1) is 0 Å². The van der Waals surface area contributed by atoms with Crippen molar-refractivity contribution in [2.75, 3.05) is 16.0 Å². The molecule has 0 aliphatic heterocycles. The topological polar surface area (TPSA) is 100 Å². The number of rotatable bonds is 6. The molecule has 0 atom stereocenters. The van der Waals surface area contributed by atoms with Crippen LogP contribution in [-0.4, -0.2) is 22.6 Å². The molecule has 0 spiro atoms. The molecule has 0 bridgehead atoms. The van der Waals surface area contributed by atoms with Crippen LogP contribution >= 0.6 is 0 Å². The van der Waals surface area contributed by atoms with Gasteiger partial charge in [0.15, 0.2) is 5.78 Å². The van der Waals surface area contributed by atoms with Crippen LogP contribution in [0.5, 0.6) is 0 Å². The molecule has 1 heterocycles. The van der Waals surface area contributed by atoms with Crippen LogP contribution in [-0.2, 0) is 4.79 Å². The lowest BCUT2D eigenvalue weighted by molar-refractivity contribution is -0.114. The summed E-state index contributed by atoms with van der Waals surface area (Å²) in [5.41, 5.74) is 2.85. The first-order chi connectivity index (χ1) is 13.9. The van der Waals surface area contributed by atoms with E-state index in [0.717, 1.165) is 5.69 Å². The number of hydrogen-bond donors (Lipinski definition) is 3. The Hall–Kier alpha value is -4.00. The van der Waals surface area contributed by atoms with E-state index in [-0.39, 0.29) is 17.6 Å². The fraction of sp³-hybridized carbons (Fsp3) is 0.0909. The van der Waals surface area contributed by atoms with E-state index in [2.05, 4.69) is 20.9 Å². The van der Waals surface area contributed by atoms with Gasteiger partial charge in [0.1, 0.15) is 5.82 Å². The fourth-order valence-corrected chi connectivity index (χ4v) is 2.69. The maximum Gasteiger partial charge on any atom is 0.255 e. The Morgan fingerprint density at radius 3 is 2.17 bits per heavy atom. The van der Waals surface area contributed by atoms with E-state index in [4.69, 9.17) is 0 Å². The number of pyridine rings is 1. The number of nitrogens with one attached hydrogen (secondary N) is 3.